The van der Waals surface area contributed by atoms with Crippen LogP contribution in [0.5, 0.6) is 0 Å². The molecule has 0 aliphatic heterocycles. The number of fused-ring (bicyclic) bond motifs is 2. The van der Waals surface area contributed by atoms with Crippen molar-refractivity contribution in [2.75, 3.05) is 18.0 Å². The van der Waals surface area contributed by atoms with Crippen molar-refractivity contribution in [3.05, 3.63) is 65.0 Å². The highest BCUT2D eigenvalue weighted by atomic mass is 16.1. The molecule has 0 saturated heterocycles. The van der Waals surface area contributed by atoms with Crippen LogP contribution in [0.1, 0.15) is 45.7 Å². The van der Waals surface area contributed by atoms with Gasteiger partial charge in [-0.15, -0.1) is 0 Å². The van der Waals surface area contributed by atoms with Gasteiger partial charge in [0.25, 0.3) is 5.56 Å². The van der Waals surface area contributed by atoms with Crippen molar-refractivity contribution >= 4 is 17.0 Å². The molecule has 4 aromatic heterocycles. The van der Waals surface area contributed by atoms with Gasteiger partial charge in [0.1, 0.15) is 11.3 Å². The van der Waals surface area contributed by atoms with Crippen LogP contribution in [0.2, 0.25) is 0 Å². The number of nitrogens with zero attached hydrogens (tertiary/aromatic N) is 5. The van der Waals surface area contributed by atoms with Crippen LogP contribution < -0.4 is 10.5 Å². The Morgan fingerprint density at radius 1 is 1.03 bits per heavy atom. The summed E-state index contributed by atoms with van der Waals surface area (Å²) < 4.78 is 3.63. The van der Waals surface area contributed by atoms with E-state index in [0.29, 0.717) is 17.3 Å². The molecule has 4 heterocycles. The Hall–Kier alpha value is -3.15. The molecule has 0 aliphatic carbocycles. The minimum absolute atomic E-state index is 0.0698. The molecular weight excluding hydrogens is 386 g/mol. The average Bonchev–Trinajstić information content (AvgIpc) is 3.15. The van der Waals surface area contributed by atoms with E-state index in [1.165, 1.54) is 6.42 Å². The van der Waals surface area contributed by atoms with Gasteiger partial charge in [-0.3, -0.25) is 9.20 Å². The van der Waals surface area contributed by atoms with Crippen molar-refractivity contribution in [3.63, 3.8) is 0 Å². The summed E-state index contributed by atoms with van der Waals surface area (Å²) in [6, 6.07) is 9.58. The Morgan fingerprint density at radius 3 is 2.65 bits per heavy atom. The van der Waals surface area contributed by atoms with Gasteiger partial charge in [-0.2, -0.15) is 0 Å². The third-order valence-corrected chi connectivity index (χ3v) is 5.97. The highest BCUT2D eigenvalue weighted by molar-refractivity contribution is 5.66. The molecule has 1 atom stereocenters. The van der Waals surface area contributed by atoms with Gasteiger partial charge >= 0.3 is 0 Å². The summed E-state index contributed by atoms with van der Waals surface area (Å²) in [6.07, 6.45) is 9.27. The molecule has 6 nitrogen and oxygen atoms in total. The second kappa shape index (κ2) is 8.92. The Balaban J connectivity index is 1.68. The van der Waals surface area contributed by atoms with Crippen molar-refractivity contribution in [2.45, 2.75) is 47.0 Å². The average molecular weight is 418 g/mol. The predicted octanol–water partition coefficient (Wildman–Crippen LogP) is 4.97. The lowest BCUT2D eigenvalue weighted by molar-refractivity contribution is 0.510. The second-order valence-electron chi connectivity index (χ2n) is 8.45. The Morgan fingerprint density at radius 2 is 1.87 bits per heavy atom. The third kappa shape index (κ3) is 4.48. The van der Waals surface area contributed by atoms with Gasteiger partial charge in [0, 0.05) is 43.3 Å². The lowest BCUT2D eigenvalue weighted by Gasteiger charge is -2.26. The quantitative estimate of drug-likeness (QED) is 0.406. The second-order valence-corrected chi connectivity index (χ2v) is 8.45. The maximum atomic E-state index is 13.0. The van der Waals surface area contributed by atoms with E-state index in [2.05, 4.69) is 36.7 Å². The minimum Gasteiger partial charge on any atom is -0.370 e. The van der Waals surface area contributed by atoms with E-state index in [0.717, 1.165) is 48.5 Å². The monoisotopic (exact) mass is 417 g/mol. The highest BCUT2D eigenvalue weighted by Gasteiger charge is 2.11. The number of rotatable bonds is 8. The molecule has 6 heteroatoms. The Bertz CT molecular complexity index is 1260. The van der Waals surface area contributed by atoms with Gasteiger partial charge in [0.05, 0.1) is 17.1 Å². The minimum atomic E-state index is -0.0698. The first-order valence-electron chi connectivity index (χ1n) is 11.2. The molecule has 0 radical (unpaired) electrons. The summed E-state index contributed by atoms with van der Waals surface area (Å²) in [5.41, 5.74) is 5.03. The van der Waals surface area contributed by atoms with Gasteiger partial charge in [0.15, 0.2) is 0 Å². The number of aromatic nitrogens is 4. The number of pyridine rings is 2. The number of hydrogen-bond donors (Lipinski definition) is 0. The van der Waals surface area contributed by atoms with Crippen molar-refractivity contribution in [2.24, 2.45) is 5.92 Å². The molecule has 0 aromatic carbocycles. The standard InChI is InChI=1S/C25H31N5O/c1-5-11-28(12-9-18(3)6-2)21-7-8-23-27-22(15-25(31)30(23)17-21)20-10-13-29-16-19(4)26-24(29)14-20/h7-8,10,13-18H,5-6,9,11-12H2,1-4H3. The number of hydrogen-bond acceptors (Lipinski definition) is 4. The van der Waals surface area contributed by atoms with Crippen LogP contribution >= 0.6 is 0 Å². The van der Waals surface area contributed by atoms with Gasteiger partial charge in [0.2, 0.25) is 0 Å². The van der Waals surface area contributed by atoms with Crippen LogP contribution in [0.3, 0.4) is 0 Å². The van der Waals surface area contributed by atoms with Crippen LogP contribution in [0.15, 0.2) is 53.7 Å². The first-order chi connectivity index (χ1) is 15.0. The largest absolute Gasteiger partial charge is 0.370 e. The molecule has 0 spiro atoms. The smallest absolute Gasteiger partial charge is 0.258 e. The molecule has 0 aliphatic rings. The molecule has 0 fully saturated rings. The Labute approximate surface area is 183 Å². The fourth-order valence-electron chi connectivity index (χ4n) is 3.91. The van der Waals surface area contributed by atoms with Crippen molar-refractivity contribution in [1.29, 1.82) is 0 Å². The van der Waals surface area contributed by atoms with E-state index >= 15 is 0 Å². The van der Waals surface area contributed by atoms with Gasteiger partial charge in [-0.05, 0) is 49.9 Å². The molecule has 0 saturated carbocycles. The third-order valence-electron chi connectivity index (χ3n) is 5.97. The van der Waals surface area contributed by atoms with Gasteiger partial charge in [-0.1, -0.05) is 27.2 Å². The number of imidazole rings is 1. The van der Waals surface area contributed by atoms with Gasteiger partial charge < -0.3 is 9.30 Å². The highest BCUT2D eigenvalue weighted by Crippen LogP contribution is 2.21. The van der Waals surface area contributed by atoms with E-state index in [-0.39, 0.29) is 5.56 Å². The normalized spacial score (nSPS) is 12.5. The lowest BCUT2D eigenvalue weighted by Crippen LogP contribution is -2.27. The fraction of sp³-hybridized carbons (Fsp3) is 0.400. The van der Waals surface area contributed by atoms with Crippen LogP contribution in [0, 0.1) is 12.8 Å². The molecule has 1 unspecified atom stereocenters. The molecule has 0 amide bonds. The summed E-state index contributed by atoms with van der Waals surface area (Å²) in [6.45, 7) is 10.7. The van der Waals surface area contributed by atoms with Crippen LogP contribution in [-0.4, -0.2) is 31.9 Å². The van der Waals surface area contributed by atoms with E-state index < -0.39 is 0 Å². The van der Waals surface area contributed by atoms with E-state index in [1.54, 1.807) is 10.5 Å². The molecular formula is C25H31N5O. The molecule has 162 valence electrons. The summed E-state index contributed by atoms with van der Waals surface area (Å²) in [5.74, 6) is 0.697. The fourth-order valence-corrected chi connectivity index (χ4v) is 3.91. The summed E-state index contributed by atoms with van der Waals surface area (Å²) in [5, 5.41) is 0. The van der Waals surface area contributed by atoms with Gasteiger partial charge in [-0.25, -0.2) is 9.97 Å². The zero-order valence-electron chi connectivity index (χ0n) is 18.9. The summed E-state index contributed by atoms with van der Waals surface area (Å²) >= 11 is 0. The van der Waals surface area contributed by atoms with Crippen molar-refractivity contribution in [3.8, 4) is 11.3 Å². The molecule has 0 N–H and O–H groups in total. The molecule has 31 heavy (non-hydrogen) atoms. The topological polar surface area (TPSA) is 54.9 Å². The predicted molar refractivity (Wildman–Crippen MR) is 127 cm³/mol. The van der Waals surface area contributed by atoms with Crippen molar-refractivity contribution < 1.29 is 0 Å². The Kier molecular flexibility index (Phi) is 6.07. The first kappa shape index (κ1) is 21.1. The summed E-state index contributed by atoms with van der Waals surface area (Å²) in [7, 11) is 0. The van der Waals surface area contributed by atoms with Crippen LogP contribution in [0.4, 0.5) is 5.69 Å². The van der Waals surface area contributed by atoms with E-state index in [1.807, 2.05) is 48.1 Å². The molecule has 4 aromatic rings. The van der Waals surface area contributed by atoms with Crippen LogP contribution in [-0.2, 0) is 0 Å². The van der Waals surface area contributed by atoms with E-state index in [4.69, 9.17) is 4.98 Å². The SMILES string of the molecule is CCCN(CCC(C)CC)c1ccc2nc(-c3ccn4cc(C)nc4c3)cc(=O)n2c1. The maximum absolute atomic E-state index is 13.0. The van der Waals surface area contributed by atoms with Crippen molar-refractivity contribution in [1.82, 2.24) is 18.8 Å². The number of anilines is 1. The maximum Gasteiger partial charge on any atom is 0.258 e. The molecule has 0 bridgehead atoms. The molecule has 4 rings (SSSR count). The summed E-state index contributed by atoms with van der Waals surface area (Å²) in [4.78, 5) is 24.6. The zero-order valence-corrected chi connectivity index (χ0v) is 18.9. The first-order valence-corrected chi connectivity index (χ1v) is 11.2. The zero-order chi connectivity index (χ0) is 22.0. The lowest BCUT2D eigenvalue weighted by atomic mass is 10.0. The van der Waals surface area contributed by atoms with Crippen LogP contribution in [0.25, 0.3) is 22.6 Å². The van der Waals surface area contributed by atoms with E-state index in [9.17, 15) is 4.79 Å². The number of aryl methyl sites for hydroxylation is 1.